The Morgan fingerprint density at radius 1 is 0.676 bits per heavy atom. The minimum atomic E-state index is 0.546. The van der Waals surface area contributed by atoms with Crippen LogP contribution >= 0.6 is 0 Å². The molecule has 0 unspecified atom stereocenters. The first-order valence-corrected chi connectivity index (χ1v) is 12.3. The van der Waals surface area contributed by atoms with Gasteiger partial charge in [-0.2, -0.15) is 0 Å². The minimum absolute atomic E-state index is 0.546. The maximum absolute atomic E-state index is 6.66. The fraction of sp³-hybridized carbons (Fsp3) is 0.152. The van der Waals surface area contributed by atoms with Crippen LogP contribution in [0.5, 0.6) is 5.75 Å². The molecule has 5 aromatic carbocycles. The van der Waals surface area contributed by atoms with Gasteiger partial charge in [-0.05, 0) is 62.7 Å². The topological polar surface area (TPSA) is 9.23 Å². The van der Waals surface area contributed by atoms with Crippen LogP contribution in [0.2, 0.25) is 0 Å². The maximum Gasteiger partial charge on any atom is 0.128 e. The smallest absolute Gasteiger partial charge is 0.128 e. The lowest BCUT2D eigenvalue weighted by molar-refractivity contribution is 0.307. The summed E-state index contributed by atoms with van der Waals surface area (Å²) in [6.07, 6.45) is 3.28. The normalized spacial score (nSPS) is 13.0. The standard InChI is InChI=1S/C33H28O/c1-2-10-26-21-25-13-5-8-18-30(25)32(26)33-29-17-7-4-12-24(29)19-20-31(33)34-22-27-15-9-14-23-11-3-6-16-28(23)27/h3-9,11-20H,2,10,21-22H2,1H3. The quantitative estimate of drug-likeness (QED) is 0.256. The lowest BCUT2D eigenvalue weighted by Crippen LogP contribution is -2.01. The van der Waals surface area contributed by atoms with Crippen LogP contribution in [0.4, 0.5) is 0 Å². The molecule has 0 heterocycles. The van der Waals surface area contributed by atoms with Crippen molar-refractivity contribution in [3.63, 3.8) is 0 Å². The van der Waals surface area contributed by atoms with Gasteiger partial charge in [0.05, 0.1) is 0 Å². The third-order valence-electron chi connectivity index (χ3n) is 7.00. The molecule has 0 aromatic heterocycles. The number of allylic oxidation sites excluding steroid dienone is 1. The van der Waals surface area contributed by atoms with Crippen LogP contribution in [0.15, 0.2) is 109 Å². The van der Waals surface area contributed by atoms with E-state index in [4.69, 9.17) is 4.74 Å². The van der Waals surface area contributed by atoms with E-state index in [1.54, 1.807) is 0 Å². The summed E-state index contributed by atoms with van der Waals surface area (Å²) in [6, 6.07) is 36.9. The van der Waals surface area contributed by atoms with Crippen LogP contribution in [0.3, 0.4) is 0 Å². The van der Waals surface area contributed by atoms with Crippen molar-refractivity contribution in [2.45, 2.75) is 32.8 Å². The molecule has 0 bridgehead atoms. The summed E-state index contributed by atoms with van der Waals surface area (Å²) in [5, 5.41) is 5.02. The SMILES string of the molecule is CCCC1=C(c2c(OCc3cccc4ccccc34)ccc3ccccc23)c2ccccc2C1. The molecule has 0 N–H and O–H groups in total. The number of fused-ring (bicyclic) bond motifs is 3. The zero-order valence-corrected chi connectivity index (χ0v) is 19.6. The summed E-state index contributed by atoms with van der Waals surface area (Å²) < 4.78 is 6.66. The van der Waals surface area contributed by atoms with Crippen molar-refractivity contribution < 1.29 is 4.74 Å². The number of rotatable bonds is 6. The van der Waals surface area contributed by atoms with Gasteiger partial charge in [0, 0.05) is 5.56 Å². The molecule has 5 aromatic rings. The van der Waals surface area contributed by atoms with Gasteiger partial charge in [0.25, 0.3) is 0 Å². The lowest BCUT2D eigenvalue weighted by Gasteiger charge is -2.18. The molecule has 1 nitrogen and oxygen atoms in total. The molecule has 0 amide bonds. The molecule has 0 saturated carbocycles. The summed E-state index contributed by atoms with van der Waals surface area (Å²) in [7, 11) is 0. The molecule has 6 rings (SSSR count). The fourth-order valence-electron chi connectivity index (χ4n) is 5.46. The van der Waals surface area contributed by atoms with E-state index in [0.717, 1.165) is 25.0 Å². The first kappa shape index (κ1) is 20.7. The Bertz CT molecular complexity index is 1530. The van der Waals surface area contributed by atoms with Gasteiger partial charge in [-0.3, -0.25) is 0 Å². The molecule has 166 valence electrons. The molecule has 0 atom stereocenters. The first-order chi connectivity index (χ1) is 16.8. The van der Waals surface area contributed by atoms with Crippen LogP contribution in [0.25, 0.3) is 27.1 Å². The highest BCUT2D eigenvalue weighted by atomic mass is 16.5. The van der Waals surface area contributed by atoms with Gasteiger partial charge < -0.3 is 4.74 Å². The van der Waals surface area contributed by atoms with Crippen LogP contribution < -0.4 is 4.74 Å². The average Bonchev–Trinajstić information content (AvgIpc) is 3.25. The van der Waals surface area contributed by atoms with E-state index < -0.39 is 0 Å². The molecule has 34 heavy (non-hydrogen) atoms. The van der Waals surface area contributed by atoms with E-state index in [2.05, 4.69) is 110 Å². The summed E-state index contributed by atoms with van der Waals surface area (Å²) in [4.78, 5) is 0. The predicted octanol–water partition coefficient (Wildman–Crippen LogP) is 8.73. The minimum Gasteiger partial charge on any atom is -0.488 e. The third-order valence-corrected chi connectivity index (χ3v) is 7.00. The van der Waals surface area contributed by atoms with Crippen molar-refractivity contribution in [1.29, 1.82) is 0 Å². The Morgan fingerprint density at radius 2 is 1.38 bits per heavy atom. The van der Waals surface area contributed by atoms with Crippen molar-refractivity contribution in [3.8, 4) is 5.75 Å². The van der Waals surface area contributed by atoms with E-state index >= 15 is 0 Å². The van der Waals surface area contributed by atoms with Gasteiger partial charge in [0.15, 0.2) is 0 Å². The molecular formula is C33H28O. The highest BCUT2D eigenvalue weighted by molar-refractivity contribution is 6.02. The van der Waals surface area contributed by atoms with E-state index in [1.165, 1.54) is 54.9 Å². The van der Waals surface area contributed by atoms with E-state index in [9.17, 15) is 0 Å². The van der Waals surface area contributed by atoms with Gasteiger partial charge in [-0.25, -0.2) is 0 Å². The van der Waals surface area contributed by atoms with Gasteiger partial charge in [-0.15, -0.1) is 0 Å². The number of benzene rings is 5. The van der Waals surface area contributed by atoms with Crippen molar-refractivity contribution in [1.82, 2.24) is 0 Å². The summed E-state index contributed by atoms with van der Waals surface area (Å²) in [5.41, 5.74) is 8.14. The Balaban J connectivity index is 1.51. The molecular weight excluding hydrogens is 412 g/mol. The molecule has 0 saturated heterocycles. The lowest BCUT2D eigenvalue weighted by atomic mass is 9.91. The van der Waals surface area contributed by atoms with Crippen molar-refractivity contribution >= 4 is 27.1 Å². The van der Waals surface area contributed by atoms with Crippen molar-refractivity contribution in [2.24, 2.45) is 0 Å². The molecule has 1 aliphatic carbocycles. The molecule has 0 radical (unpaired) electrons. The maximum atomic E-state index is 6.66. The number of ether oxygens (including phenoxy) is 1. The molecule has 1 heteroatoms. The molecule has 0 aliphatic heterocycles. The zero-order valence-electron chi connectivity index (χ0n) is 19.6. The monoisotopic (exact) mass is 440 g/mol. The third kappa shape index (κ3) is 3.58. The molecule has 0 spiro atoms. The predicted molar refractivity (Wildman–Crippen MR) is 143 cm³/mol. The zero-order chi connectivity index (χ0) is 22.9. The van der Waals surface area contributed by atoms with Crippen molar-refractivity contribution in [2.75, 3.05) is 0 Å². The summed E-state index contributed by atoms with van der Waals surface area (Å²) in [5.74, 6) is 0.965. The van der Waals surface area contributed by atoms with E-state index in [1.807, 2.05) is 0 Å². The van der Waals surface area contributed by atoms with E-state index in [0.29, 0.717) is 6.61 Å². The highest BCUT2D eigenvalue weighted by Crippen LogP contribution is 2.45. The highest BCUT2D eigenvalue weighted by Gasteiger charge is 2.26. The van der Waals surface area contributed by atoms with Gasteiger partial charge in [0.1, 0.15) is 12.4 Å². The van der Waals surface area contributed by atoms with Gasteiger partial charge in [-0.1, -0.05) is 116 Å². The van der Waals surface area contributed by atoms with Crippen LogP contribution in [0.1, 0.15) is 42.0 Å². The Hall–Kier alpha value is -3.84. The van der Waals surface area contributed by atoms with Crippen LogP contribution in [-0.4, -0.2) is 0 Å². The largest absolute Gasteiger partial charge is 0.488 e. The van der Waals surface area contributed by atoms with Crippen LogP contribution in [-0.2, 0) is 13.0 Å². The van der Waals surface area contributed by atoms with Crippen LogP contribution in [0, 0.1) is 0 Å². The Kier molecular flexibility index (Phi) is 5.39. The second kappa shape index (κ2) is 8.83. The number of hydrogen-bond donors (Lipinski definition) is 0. The fourth-order valence-corrected chi connectivity index (χ4v) is 5.46. The van der Waals surface area contributed by atoms with E-state index in [-0.39, 0.29) is 0 Å². The Morgan fingerprint density at radius 3 is 2.24 bits per heavy atom. The Labute approximate surface area is 201 Å². The number of hydrogen-bond acceptors (Lipinski definition) is 1. The first-order valence-electron chi connectivity index (χ1n) is 12.3. The molecule has 0 fully saturated rings. The van der Waals surface area contributed by atoms with Gasteiger partial charge in [0.2, 0.25) is 0 Å². The molecule has 1 aliphatic rings. The average molecular weight is 441 g/mol. The second-order valence-electron chi connectivity index (χ2n) is 9.15. The summed E-state index contributed by atoms with van der Waals surface area (Å²) >= 11 is 0. The van der Waals surface area contributed by atoms with Gasteiger partial charge >= 0.3 is 0 Å². The summed E-state index contributed by atoms with van der Waals surface area (Å²) in [6.45, 7) is 2.82. The van der Waals surface area contributed by atoms with Crippen molar-refractivity contribution in [3.05, 3.63) is 131 Å². The second-order valence-corrected chi connectivity index (χ2v) is 9.15.